The molecule has 140 valence electrons. The summed E-state index contributed by atoms with van der Waals surface area (Å²) in [6, 6.07) is 1.20. The summed E-state index contributed by atoms with van der Waals surface area (Å²) in [5, 5.41) is 11.2. The first-order valence-corrected chi connectivity index (χ1v) is 9.42. The van der Waals surface area contributed by atoms with E-state index in [9.17, 15) is 0 Å². The van der Waals surface area contributed by atoms with Crippen LogP contribution in [-0.2, 0) is 17.7 Å². The molecular formula is C17H31N7O. The molecule has 3 rings (SSSR count). The summed E-state index contributed by atoms with van der Waals surface area (Å²) >= 11 is 0. The second-order valence-electron chi connectivity index (χ2n) is 6.97. The number of nitrogens with one attached hydrogen (secondary N) is 2. The van der Waals surface area contributed by atoms with Crippen molar-refractivity contribution < 1.29 is 4.74 Å². The minimum absolute atomic E-state index is 0.338. The summed E-state index contributed by atoms with van der Waals surface area (Å²) in [6.45, 7) is 11.7. The van der Waals surface area contributed by atoms with Gasteiger partial charge in [-0.05, 0) is 27.2 Å². The van der Waals surface area contributed by atoms with E-state index in [0.29, 0.717) is 18.1 Å². The minimum Gasteiger partial charge on any atom is -0.379 e. The molecule has 25 heavy (non-hydrogen) atoms. The lowest BCUT2D eigenvalue weighted by Gasteiger charge is -2.37. The van der Waals surface area contributed by atoms with Crippen molar-refractivity contribution in [2.24, 2.45) is 4.99 Å². The topological polar surface area (TPSA) is 79.6 Å². The Bertz CT molecular complexity index is 573. The highest BCUT2D eigenvalue weighted by atomic mass is 16.5. The molecule has 0 aromatic carbocycles. The van der Waals surface area contributed by atoms with Crippen LogP contribution in [0.2, 0.25) is 0 Å². The minimum atomic E-state index is 0.338. The van der Waals surface area contributed by atoms with Crippen LogP contribution in [0.15, 0.2) is 11.3 Å². The quantitative estimate of drug-likeness (QED) is 0.586. The smallest absolute Gasteiger partial charge is 0.191 e. The van der Waals surface area contributed by atoms with Gasteiger partial charge in [-0.1, -0.05) is 0 Å². The molecule has 1 saturated heterocycles. The van der Waals surface area contributed by atoms with Crippen LogP contribution in [-0.4, -0.2) is 76.6 Å². The Morgan fingerprint density at radius 1 is 1.52 bits per heavy atom. The molecule has 0 radical (unpaired) electrons. The van der Waals surface area contributed by atoms with Gasteiger partial charge in [0.05, 0.1) is 26.3 Å². The predicted molar refractivity (Wildman–Crippen MR) is 97.7 cm³/mol. The van der Waals surface area contributed by atoms with E-state index in [-0.39, 0.29) is 0 Å². The summed E-state index contributed by atoms with van der Waals surface area (Å²) in [6.07, 6.45) is 3.65. The lowest BCUT2D eigenvalue weighted by molar-refractivity contribution is -0.0165. The molecule has 1 fully saturated rings. The van der Waals surface area contributed by atoms with Crippen molar-refractivity contribution in [2.75, 3.05) is 32.8 Å². The molecule has 2 N–H and O–H groups in total. The van der Waals surface area contributed by atoms with E-state index in [1.54, 1.807) is 6.33 Å². The molecule has 8 heteroatoms. The zero-order valence-electron chi connectivity index (χ0n) is 15.6. The molecule has 8 nitrogen and oxygen atoms in total. The fourth-order valence-corrected chi connectivity index (χ4v) is 3.59. The number of guanidine groups is 1. The zero-order valence-corrected chi connectivity index (χ0v) is 15.6. The van der Waals surface area contributed by atoms with Gasteiger partial charge in [-0.15, -0.1) is 0 Å². The average Bonchev–Trinajstić information content (AvgIpc) is 3.08. The van der Waals surface area contributed by atoms with Gasteiger partial charge in [-0.25, -0.2) is 9.67 Å². The number of fused-ring (bicyclic) bond motifs is 1. The van der Waals surface area contributed by atoms with Crippen LogP contribution in [0.3, 0.4) is 0 Å². The van der Waals surface area contributed by atoms with E-state index in [2.05, 4.69) is 46.4 Å². The van der Waals surface area contributed by atoms with E-state index < -0.39 is 0 Å². The first-order valence-electron chi connectivity index (χ1n) is 9.42. The van der Waals surface area contributed by atoms with E-state index in [1.807, 2.05) is 4.68 Å². The molecule has 2 aliphatic rings. The van der Waals surface area contributed by atoms with Crippen LogP contribution in [0.1, 0.15) is 33.0 Å². The highest BCUT2D eigenvalue weighted by Crippen LogP contribution is 2.12. The highest BCUT2D eigenvalue weighted by molar-refractivity contribution is 5.80. The maximum Gasteiger partial charge on any atom is 0.191 e. The van der Waals surface area contributed by atoms with Gasteiger partial charge in [0, 0.05) is 37.6 Å². The van der Waals surface area contributed by atoms with Crippen LogP contribution < -0.4 is 10.6 Å². The summed E-state index contributed by atoms with van der Waals surface area (Å²) in [5.74, 6) is 1.97. The highest BCUT2D eigenvalue weighted by Gasteiger charge is 2.24. The molecule has 1 aromatic heterocycles. The summed E-state index contributed by atoms with van der Waals surface area (Å²) in [5.41, 5.74) is 0. The molecule has 3 unspecified atom stereocenters. The molecule has 0 bridgehead atoms. The van der Waals surface area contributed by atoms with Gasteiger partial charge in [-0.3, -0.25) is 9.89 Å². The third-order valence-electron chi connectivity index (χ3n) is 4.99. The van der Waals surface area contributed by atoms with Crippen LogP contribution >= 0.6 is 0 Å². The van der Waals surface area contributed by atoms with Gasteiger partial charge in [0.1, 0.15) is 12.2 Å². The van der Waals surface area contributed by atoms with Crippen molar-refractivity contribution in [3.8, 4) is 0 Å². The van der Waals surface area contributed by atoms with Crippen LogP contribution in [0.4, 0.5) is 0 Å². The number of morpholine rings is 1. The van der Waals surface area contributed by atoms with E-state index in [4.69, 9.17) is 9.73 Å². The Balaban J connectivity index is 1.56. The predicted octanol–water partition coefficient (Wildman–Crippen LogP) is 0.257. The van der Waals surface area contributed by atoms with Crippen molar-refractivity contribution in [1.29, 1.82) is 0 Å². The number of rotatable bonds is 5. The van der Waals surface area contributed by atoms with E-state index in [1.165, 1.54) is 0 Å². The van der Waals surface area contributed by atoms with Crippen molar-refractivity contribution in [2.45, 2.75) is 58.3 Å². The summed E-state index contributed by atoms with van der Waals surface area (Å²) in [4.78, 5) is 11.6. The maximum absolute atomic E-state index is 5.53. The van der Waals surface area contributed by atoms with E-state index >= 15 is 0 Å². The van der Waals surface area contributed by atoms with Crippen molar-refractivity contribution in [3.63, 3.8) is 0 Å². The molecule has 0 saturated carbocycles. The number of aliphatic imine (C=N–C) groups is 1. The Morgan fingerprint density at radius 3 is 3.20 bits per heavy atom. The lowest BCUT2D eigenvalue weighted by atomic mass is 10.1. The second kappa shape index (κ2) is 8.62. The third kappa shape index (κ3) is 4.70. The van der Waals surface area contributed by atoms with Crippen LogP contribution in [0.25, 0.3) is 0 Å². The van der Waals surface area contributed by atoms with Crippen LogP contribution in [0.5, 0.6) is 0 Å². The van der Waals surface area contributed by atoms with Crippen LogP contribution in [0, 0.1) is 0 Å². The third-order valence-corrected chi connectivity index (χ3v) is 4.99. The van der Waals surface area contributed by atoms with Gasteiger partial charge >= 0.3 is 0 Å². The Hall–Kier alpha value is -1.67. The zero-order chi connectivity index (χ0) is 17.6. The number of hydrogen-bond donors (Lipinski definition) is 2. The lowest BCUT2D eigenvalue weighted by Crippen LogP contribution is -2.50. The Kier molecular flexibility index (Phi) is 6.25. The fraction of sp³-hybridized carbons (Fsp3) is 0.824. The Morgan fingerprint density at radius 2 is 2.40 bits per heavy atom. The fourth-order valence-electron chi connectivity index (χ4n) is 3.59. The normalized spacial score (nSPS) is 26.1. The molecule has 0 amide bonds. The standard InChI is InChI=1S/C17H31N7O/c1-4-18-17(19-9-13(2)23-7-8-25-11-14(23)3)22-15-5-6-16-20-12-21-24(16)10-15/h12-15H,4-11H2,1-3H3,(H2,18,19,22). The van der Waals surface area contributed by atoms with Gasteiger partial charge in [0.2, 0.25) is 0 Å². The number of hydrogen-bond acceptors (Lipinski definition) is 5. The van der Waals surface area contributed by atoms with Crippen molar-refractivity contribution >= 4 is 5.96 Å². The maximum atomic E-state index is 5.53. The summed E-state index contributed by atoms with van der Waals surface area (Å²) < 4.78 is 7.52. The average molecular weight is 349 g/mol. The van der Waals surface area contributed by atoms with E-state index in [0.717, 1.165) is 64.0 Å². The number of ether oxygens (including phenoxy) is 1. The first kappa shape index (κ1) is 18.1. The SMILES string of the molecule is CCNC(=NCC(C)N1CCOCC1C)NC1CCc2ncnn2C1. The number of aromatic nitrogens is 3. The van der Waals surface area contributed by atoms with Gasteiger partial charge in [-0.2, -0.15) is 5.10 Å². The molecule has 0 aliphatic carbocycles. The number of aryl methyl sites for hydroxylation is 1. The Labute approximate surface area is 150 Å². The molecule has 3 atom stereocenters. The largest absolute Gasteiger partial charge is 0.379 e. The number of nitrogens with zero attached hydrogens (tertiary/aromatic N) is 5. The second-order valence-corrected chi connectivity index (χ2v) is 6.97. The van der Waals surface area contributed by atoms with Crippen molar-refractivity contribution in [1.82, 2.24) is 30.3 Å². The molecular weight excluding hydrogens is 318 g/mol. The monoisotopic (exact) mass is 349 g/mol. The van der Waals surface area contributed by atoms with Crippen molar-refractivity contribution in [3.05, 3.63) is 12.2 Å². The summed E-state index contributed by atoms with van der Waals surface area (Å²) in [7, 11) is 0. The molecule has 0 spiro atoms. The molecule has 2 aliphatic heterocycles. The first-order chi connectivity index (χ1) is 12.2. The van der Waals surface area contributed by atoms with Gasteiger partial charge < -0.3 is 15.4 Å². The van der Waals surface area contributed by atoms with Gasteiger partial charge in [0.25, 0.3) is 0 Å². The van der Waals surface area contributed by atoms with Gasteiger partial charge in [0.15, 0.2) is 5.96 Å². The molecule has 1 aromatic rings. The molecule has 3 heterocycles.